The Morgan fingerprint density at radius 3 is 1.95 bits per heavy atom. The fraction of sp³-hybridized carbons (Fsp3) is 0.188. The maximum absolute atomic E-state index is 11.7. The van der Waals surface area contributed by atoms with Gasteiger partial charge in [0.2, 0.25) is 0 Å². The van der Waals surface area contributed by atoms with Crippen molar-refractivity contribution < 1.29 is 14.4 Å². The van der Waals surface area contributed by atoms with Crippen LogP contribution in [0, 0.1) is 0 Å². The van der Waals surface area contributed by atoms with E-state index in [4.69, 9.17) is 9.57 Å². The average molecular weight is 271 g/mol. The van der Waals surface area contributed by atoms with E-state index in [0.717, 1.165) is 16.2 Å². The third kappa shape index (κ3) is 4.40. The number of carbonyl (C=O) groups is 1. The van der Waals surface area contributed by atoms with Crippen LogP contribution < -0.4 is 0 Å². The van der Waals surface area contributed by atoms with Gasteiger partial charge in [0.05, 0.1) is 0 Å². The van der Waals surface area contributed by atoms with Crippen molar-refractivity contribution in [2.24, 2.45) is 0 Å². The smallest absolute Gasteiger partial charge is 0.434 e. The largest absolute Gasteiger partial charge is 0.443 e. The van der Waals surface area contributed by atoms with E-state index >= 15 is 0 Å². The molecule has 0 spiro atoms. The van der Waals surface area contributed by atoms with Crippen molar-refractivity contribution in [3.05, 3.63) is 71.8 Å². The van der Waals surface area contributed by atoms with Gasteiger partial charge in [-0.3, -0.25) is 4.84 Å². The van der Waals surface area contributed by atoms with E-state index in [1.165, 1.54) is 7.05 Å². The number of carbonyl (C=O) groups excluding carboxylic acids is 1. The minimum absolute atomic E-state index is 0.235. The van der Waals surface area contributed by atoms with Gasteiger partial charge in [0.25, 0.3) is 0 Å². The van der Waals surface area contributed by atoms with Crippen molar-refractivity contribution in [1.82, 2.24) is 5.06 Å². The SMILES string of the molecule is CN(OCc1ccccc1)C(=O)OCc1ccccc1. The van der Waals surface area contributed by atoms with Crippen LogP contribution in [0.5, 0.6) is 0 Å². The molecule has 104 valence electrons. The van der Waals surface area contributed by atoms with Gasteiger partial charge < -0.3 is 4.74 Å². The second kappa shape index (κ2) is 7.31. The van der Waals surface area contributed by atoms with Gasteiger partial charge >= 0.3 is 6.09 Å². The lowest BCUT2D eigenvalue weighted by atomic mass is 10.2. The van der Waals surface area contributed by atoms with Crippen molar-refractivity contribution in [3.63, 3.8) is 0 Å². The third-order valence-corrected chi connectivity index (χ3v) is 2.73. The molecule has 0 aliphatic rings. The van der Waals surface area contributed by atoms with Gasteiger partial charge in [0.1, 0.15) is 13.2 Å². The molecule has 2 aromatic carbocycles. The number of nitrogens with zero attached hydrogens (tertiary/aromatic N) is 1. The molecule has 0 unspecified atom stereocenters. The van der Waals surface area contributed by atoms with E-state index in [0.29, 0.717) is 6.61 Å². The van der Waals surface area contributed by atoms with Crippen LogP contribution in [0.15, 0.2) is 60.7 Å². The monoisotopic (exact) mass is 271 g/mol. The first-order valence-corrected chi connectivity index (χ1v) is 6.37. The fourth-order valence-corrected chi connectivity index (χ4v) is 1.61. The Balaban J connectivity index is 1.75. The average Bonchev–Trinajstić information content (AvgIpc) is 2.52. The van der Waals surface area contributed by atoms with E-state index < -0.39 is 6.09 Å². The Hall–Kier alpha value is -2.33. The van der Waals surface area contributed by atoms with Crippen LogP contribution in [-0.4, -0.2) is 18.2 Å². The number of amides is 1. The molecule has 20 heavy (non-hydrogen) atoms. The van der Waals surface area contributed by atoms with Gasteiger partial charge in [0.15, 0.2) is 0 Å². The molecule has 0 saturated heterocycles. The van der Waals surface area contributed by atoms with Crippen LogP contribution in [0.4, 0.5) is 4.79 Å². The molecule has 2 rings (SSSR count). The summed E-state index contributed by atoms with van der Waals surface area (Å²) < 4.78 is 5.14. The number of hydrogen-bond acceptors (Lipinski definition) is 3. The molecule has 0 atom stereocenters. The zero-order valence-electron chi connectivity index (χ0n) is 11.4. The zero-order chi connectivity index (χ0) is 14.2. The lowest BCUT2D eigenvalue weighted by molar-refractivity contribution is -0.130. The summed E-state index contributed by atoms with van der Waals surface area (Å²) in [5.41, 5.74) is 1.94. The summed E-state index contributed by atoms with van der Waals surface area (Å²) in [6.45, 7) is 0.566. The van der Waals surface area contributed by atoms with Crippen LogP contribution in [0.3, 0.4) is 0 Å². The summed E-state index contributed by atoms with van der Waals surface area (Å²) >= 11 is 0. The molecule has 4 nitrogen and oxygen atoms in total. The van der Waals surface area contributed by atoms with E-state index in [2.05, 4.69) is 0 Å². The van der Waals surface area contributed by atoms with E-state index in [1.54, 1.807) is 0 Å². The molecule has 0 aliphatic carbocycles. The molecule has 4 heteroatoms. The Morgan fingerprint density at radius 1 is 0.900 bits per heavy atom. The second-order valence-corrected chi connectivity index (χ2v) is 4.30. The third-order valence-electron chi connectivity index (χ3n) is 2.73. The molecule has 2 aromatic rings. The normalized spacial score (nSPS) is 10.1. The van der Waals surface area contributed by atoms with Crippen LogP contribution in [0.25, 0.3) is 0 Å². The second-order valence-electron chi connectivity index (χ2n) is 4.30. The van der Waals surface area contributed by atoms with Crippen molar-refractivity contribution in [2.75, 3.05) is 7.05 Å². The quantitative estimate of drug-likeness (QED) is 0.782. The lowest BCUT2D eigenvalue weighted by Crippen LogP contribution is -2.27. The summed E-state index contributed by atoms with van der Waals surface area (Å²) in [7, 11) is 1.54. The van der Waals surface area contributed by atoms with E-state index in [-0.39, 0.29) is 6.61 Å². The van der Waals surface area contributed by atoms with Gasteiger partial charge in [0, 0.05) is 7.05 Å². The van der Waals surface area contributed by atoms with Gasteiger partial charge in [-0.25, -0.2) is 4.79 Å². The van der Waals surface area contributed by atoms with Crippen molar-refractivity contribution in [1.29, 1.82) is 0 Å². The van der Waals surface area contributed by atoms with Gasteiger partial charge in [-0.1, -0.05) is 60.7 Å². The summed E-state index contributed by atoms with van der Waals surface area (Å²) in [5.74, 6) is 0. The summed E-state index contributed by atoms with van der Waals surface area (Å²) in [6.07, 6.45) is -0.509. The molecular formula is C16H17NO3. The topological polar surface area (TPSA) is 38.8 Å². The molecule has 0 N–H and O–H groups in total. The first-order chi connectivity index (χ1) is 9.75. The highest BCUT2D eigenvalue weighted by Gasteiger charge is 2.10. The first kappa shape index (κ1) is 14.1. The van der Waals surface area contributed by atoms with Gasteiger partial charge in [-0.15, -0.1) is 0 Å². The fourth-order valence-electron chi connectivity index (χ4n) is 1.61. The predicted octanol–water partition coefficient (Wildman–Crippen LogP) is 3.39. The van der Waals surface area contributed by atoms with E-state index in [9.17, 15) is 4.79 Å². The summed E-state index contributed by atoms with van der Waals surface area (Å²) in [4.78, 5) is 17.1. The van der Waals surface area contributed by atoms with Crippen molar-refractivity contribution >= 4 is 6.09 Å². The maximum atomic E-state index is 11.7. The van der Waals surface area contributed by atoms with E-state index in [1.807, 2.05) is 60.7 Å². The Kier molecular flexibility index (Phi) is 5.15. The maximum Gasteiger partial charge on any atom is 0.434 e. The highest BCUT2D eigenvalue weighted by Crippen LogP contribution is 2.05. The Bertz CT molecular complexity index is 528. The molecule has 0 fully saturated rings. The molecule has 0 aliphatic heterocycles. The van der Waals surface area contributed by atoms with Gasteiger partial charge in [-0.2, -0.15) is 5.06 Å². The highest BCUT2D eigenvalue weighted by atomic mass is 16.7. The molecular weight excluding hydrogens is 254 g/mol. The van der Waals surface area contributed by atoms with Gasteiger partial charge in [-0.05, 0) is 11.1 Å². The number of hydrogen-bond donors (Lipinski definition) is 0. The molecule has 0 aromatic heterocycles. The lowest BCUT2D eigenvalue weighted by Gasteiger charge is -2.16. The zero-order valence-corrected chi connectivity index (χ0v) is 11.4. The molecule has 0 saturated carbocycles. The molecule has 0 bridgehead atoms. The Morgan fingerprint density at radius 2 is 1.40 bits per heavy atom. The molecule has 0 heterocycles. The number of hydroxylamine groups is 2. The Labute approximate surface area is 118 Å². The molecule has 0 radical (unpaired) electrons. The minimum atomic E-state index is -0.509. The van der Waals surface area contributed by atoms with Crippen LogP contribution >= 0.6 is 0 Å². The number of benzene rings is 2. The van der Waals surface area contributed by atoms with Crippen LogP contribution in [0.2, 0.25) is 0 Å². The molecule has 1 amide bonds. The van der Waals surface area contributed by atoms with Crippen LogP contribution in [-0.2, 0) is 22.8 Å². The highest BCUT2D eigenvalue weighted by molar-refractivity contribution is 5.65. The minimum Gasteiger partial charge on any atom is -0.443 e. The van der Waals surface area contributed by atoms with Crippen molar-refractivity contribution in [3.8, 4) is 0 Å². The first-order valence-electron chi connectivity index (χ1n) is 6.37. The predicted molar refractivity (Wildman–Crippen MR) is 75.6 cm³/mol. The van der Waals surface area contributed by atoms with Crippen molar-refractivity contribution in [2.45, 2.75) is 13.2 Å². The summed E-state index contributed by atoms with van der Waals surface area (Å²) in [6, 6.07) is 19.2. The summed E-state index contributed by atoms with van der Waals surface area (Å²) in [5, 5.41) is 1.11. The number of rotatable bonds is 5. The number of ether oxygens (including phenoxy) is 1. The standard InChI is InChI=1S/C16H17NO3/c1-17(20-13-15-10-6-3-7-11-15)16(18)19-12-14-8-4-2-5-9-14/h2-11H,12-13H2,1H3. The van der Waals surface area contributed by atoms with Crippen LogP contribution in [0.1, 0.15) is 11.1 Å².